The van der Waals surface area contributed by atoms with Gasteiger partial charge in [-0.1, -0.05) is 54.6 Å². The molecule has 1 heterocycles. The molecule has 1 saturated heterocycles. The predicted molar refractivity (Wildman–Crippen MR) is 116 cm³/mol. The minimum atomic E-state index is -1.61. The van der Waals surface area contributed by atoms with Gasteiger partial charge >= 0.3 is 11.9 Å². The Hall–Kier alpha value is -3.27. The molecule has 0 aliphatic carbocycles. The van der Waals surface area contributed by atoms with Crippen molar-refractivity contribution in [3.8, 4) is 11.1 Å². The number of carbonyl (C=O) groups is 3. The van der Waals surface area contributed by atoms with Gasteiger partial charge in [0.05, 0.1) is 6.42 Å². The molecule has 2 aromatic rings. The summed E-state index contributed by atoms with van der Waals surface area (Å²) in [5.74, 6) is -2.70. The SMILES string of the molecule is O=C(O)CC1CC(C(=O)N[C@H](Cc2ccc(-c3ccccc3)cc2)C[C@@H](O)C(=O)O)NN1. The lowest BCUT2D eigenvalue weighted by molar-refractivity contribution is -0.147. The molecule has 6 N–H and O–H groups in total. The highest BCUT2D eigenvalue weighted by Gasteiger charge is 2.32. The number of aliphatic hydroxyl groups excluding tert-OH is 1. The Labute approximate surface area is 185 Å². The van der Waals surface area contributed by atoms with E-state index in [2.05, 4.69) is 16.2 Å². The van der Waals surface area contributed by atoms with E-state index >= 15 is 0 Å². The first-order chi connectivity index (χ1) is 15.3. The minimum absolute atomic E-state index is 0.119. The summed E-state index contributed by atoms with van der Waals surface area (Å²) in [4.78, 5) is 34.7. The summed E-state index contributed by atoms with van der Waals surface area (Å²) in [5, 5.41) is 30.6. The third kappa shape index (κ3) is 6.61. The summed E-state index contributed by atoms with van der Waals surface area (Å²) >= 11 is 0. The Morgan fingerprint density at radius 3 is 2.25 bits per heavy atom. The van der Waals surface area contributed by atoms with Gasteiger partial charge in [-0.2, -0.15) is 0 Å². The van der Waals surface area contributed by atoms with Gasteiger partial charge in [-0.3, -0.25) is 15.0 Å². The van der Waals surface area contributed by atoms with Crippen LogP contribution < -0.4 is 16.2 Å². The zero-order chi connectivity index (χ0) is 23.1. The molecule has 1 amide bonds. The van der Waals surface area contributed by atoms with Crippen LogP contribution in [0.5, 0.6) is 0 Å². The normalized spacial score (nSPS) is 19.8. The van der Waals surface area contributed by atoms with Crippen molar-refractivity contribution in [2.24, 2.45) is 0 Å². The van der Waals surface area contributed by atoms with E-state index in [4.69, 9.17) is 10.2 Å². The number of rotatable bonds is 10. The van der Waals surface area contributed by atoms with Crippen LogP contribution >= 0.6 is 0 Å². The first kappa shape index (κ1) is 23.4. The number of carbonyl (C=O) groups excluding carboxylic acids is 1. The third-order valence-corrected chi connectivity index (χ3v) is 5.40. The van der Waals surface area contributed by atoms with E-state index in [1.807, 2.05) is 54.6 Å². The largest absolute Gasteiger partial charge is 0.481 e. The zero-order valence-electron chi connectivity index (χ0n) is 17.4. The Morgan fingerprint density at radius 1 is 0.969 bits per heavy atom. The number of nitrogens with one attached hydrogen (secondary N) is 3. The van der Waals surface area contributed by atoms with Gasteiger partial charge in [-0.15, -0.1) is 0 Å². The number of hydrazine groups is 1. The second-order valence-electron chi connectivity index (χ2n) is 7.93. The minimum Gasteiger partial charge on any atom is -0.481 e. The molecule has 9 nitrogen and oxygen atoms in total. The van der Waals surface area contributed by atoms with Gasteiger partial charge in [-0.25, -0.2) is 10.2 Å². The lowest BCUT2D eigenvalue weighted by atomic mass is 9.97. The molecule has 1 fully saturated rings. The average Bonchev–Trinajstić information content (AvgIpc) is 3.22. The van der Waals surface area contributed by atoms with Gasteiger partial charge in [-0.05, 0) is 29.5 Å². The molecule has 1 aliphatic heterocycles. The highest BCUT2D eigenvalue weighted by molar-refractivity contribution is 5.82. The third-order valence-electron chi connectivity index (χ3n) is 5.40. The number of carboxylic acid groups (broad SMARTS) is 2. The lowest BCUT2D eigenvalue weighted by Crippen LogP contribution is -2.49. The van der Waals surface area contributed by atoms with E-state index in [-0.39, 0.29) is 31.2 Å². The fourth-order valence-electron chi connectivity index (χ4n) is 3.75. The number of benzene rings is 2. The monoisotopic (exact) mass is 441 g/mol. The number of amides is 1. The van der Waals surface area contributed by atoms with Gasteiger partial charge in [0.15, 0.2) is 6.10 Å². The molecule has 0 aromatic heterocycles. The van der Waals surface area contributed by atoms with Crippen LogP contribution in [0, 0.1) is 0 Å². The van der Waals surface area contributed by atoms with Crippen LogP contribution in [-0.2, 0) is 20.8 Å². The summed E-state index contributed by atoms with van der Waals surface area (Å²) in [5.41, 5.74) is 8.55. The van der Waals surface area contributed by atoms with Crippen molar-refractivity contribution in [1.29, 1.82) is 0 Å². The summed E-state index contributed by atoms with van der Waals surface area (Å²) in [6.45, 7) is 0. The molecule has 0 spiro atoms. The van der Waals surface area contributed by atoms with Crippen molar-refractivity contribution in [2.75, 3.05) is 0 Å². The van der Waals surface area contributed by atoms with Gasteiger partial charge in [0.1, 0.15) is 6.04 Å². The van der Waals surface area contributed by atoms with Crippen LogP contribution in [0.4, 0.5) is 0 Å². The molecule has 4 atom stereocenters. The first-order valence-corrected chi connectivity index (χ1v) is 10.4. The second-order valence-corrected chi connectivity index (χ2v) is 7.93. The van der Waals surface area contributed by atoms with Crippen LogP contribution in [0.1, 0.15) is 24.8 Å². The molecular formula is C23H27N3O6. The molecule has 0 saturated carbocycles. The summed E-state index contributed by atoms with van der Waals surface area (Å²) in [7, 11) is 0. The maximum Gasteiger partial charge on any atom is 0.332 e. The Kier molecular flexibility index (Phi) is 7.93. The Morgan fingerprint density at radius 2 is 1.62 bits per heavy atom. The predicted octanol–water partition coefficient (Wildman–Crippen LogP) is 0.926. The van der Waals surface area contributed by atoms with E-state index in [0.717, 1.165) is 16.7 Å². The number of carboxylic acids is 2. The smallest absolute Gasteiger partial charge is 0.332 e. The second kappa shape index (κ2) is 10.9. The van der Waals surface area contributed by atoms with E-state index in [1.165, 1.54) is 0 Å². The topological polar surface area (TPSA) is 148 Å². The molecule has 1 aliphatic rings. The molecule has 3 rings (SSSR count). The highest BCUT2D eigenvalue weighted by atomic mass is 16.4. The molecule has 0 bridgehead atoms. The number of aliphatic hydroxyl groups is 1. The van der Waals surface area contributed by atoms with Crippen LogP contribution in [0.15, 0.2) is 54.6 Å². The Bertz CT molecular complexity index is 935. The first-order valence-electron chi connectivity index (χ1n) is 10.4. The molecule has 32 heavy (non-hydrogen) atoms. The van der Waals surface area contributed by atoms with Crippen LogP contribution in [0.25, 0.3) is 11.1 Å². The summed E-state index contributed by atoms with van der Waals surface area (Å²) in [6, 6.07) is 15.9. The molecule has 2 aromatic carbocycles. The van der Waals surface area contributed by atoms with Crippen LogP contribution in [-0.4, -0.2) is 57.4 Å². The standard InChI is InChI=1S/C23H27N3O6/c27-20(23(31)32)12-17(24-22(30)19-11-18(25-26-19)13-21(28)29)10-14-6-8-16(9-7-14)15-4-2-1-3-5-15/h1-9,17-20,25-27H,10-13H2,(H,24,30)(H,28,29)(H,31,32)/t17-,18?,19?,20-/m1/s1. The van der Waals surface area contributed by atoms with E-state index in [9.17, 15) is 19.5 Å². The van der Waals surface area contributed by atoms with Crippen molar-refractivity contribution >= 4 is 17.8 Å². The molecular weight excluding hydrogens is 414 g/mol. The highest BCUT2D eigenvalue weighted by Crippen LogP contribution is 2.20. The van der Waals surface area contributed by atoms with E-state index in [0.29, 0.717) is 6.42 Å². The number of hydrogen-bond donors (Lipinski definition) is 6. The summed E-state index contributed by atoms with van der Waals surface area (Å²) in [6.07, 6.45) is -1.26. The van der Waals surface area contributed by atoms with Crippen molar-refractivity contribution in [3.05, 3.63) is 60.2 Å². The molecule has 170 valence electrons. The van der Waals surface area contributed by atoms with Crippen molar-refractivity contribution in [1.82, 2.24) is 16.2 Å². The maximum atomic E-state index is 12.7. The lowest BCUT2D eigenvalue weighted by Gasteiger charge is -2.22. The summed E-state index contributed by atoms with van der Waals surface area (Å²) < 4.78 is 0. The number of aliphatic carboxylic acids is 2. The van der Waals surface area contributed by atoms with Crippen molar-refractivity contribution < 1.29 is 29.7 Å². The zero-order valence-corrected chi connectivity index (χ0v) is 17.4. The van der Waals surface area contributed by atoms with Gasteiger partial charge in [0.2, 0.25) is 5.91 Å². The van der Waals surface area contributed by atoms with Gasteiger partial charge in [0, 0.05) is 18.5 Å². The quantitative estimate of drug-likeness (QED) is 0.319. The van der Waals surface area contributed by atoms with Crippen molar-refractivity contribution in [2.45, 2.75) is 49.9 Å². The van der Waals surface area contributed by atoms with Gasteiger partial charge < -0.3 is 20.6 Å². The fraction of sp³-hybridized carbons (Fsp3) is 0.348. The average molecular weight is 441 g/mol. The molecule has 0 radical (unpaired) electrons. The van der Waals surface area contributed by atoms with Crippen LogP contribution in [0.3, 0.4) is 0 Å². The fourth-order valence-corrected chi connectivity index (χ4v) is 3.75. The molecule has 2 unspecified atom stereocenters. The van der Waals surface area contributed by atoms with Gasteiger partial charge in [0.25, 0.3) is 0 Å². The number of hydrogen-bond acceptors (Lipinski definition) is 6. The van der Waals surface area contributed by atoms with Crippen molar-refractivity contribution in [3.63, 3.8) is 0 Å². The van der Waals surface area contributed by atoms with E-state index < -0.39 is 30.1 Å². The van der Waals surface area contributed by atoms with E-state index in [1.54, 1.807) is 0 Å². The van der Waals surface area contributed by atoms with Crippen LogP contribution in [0.2, 0.25) is 0 Å². The Balaban J connectivity index is 1.65. The molecule has 9 heteroatoms. The maximum absolute atomic E-state index is 12.7.